The number of aliphatic hydroxyl groups is 1. The summed E-state index contributed by atoms with van der Waals surface area (Å²) < 4.78 is 5.41. The molecular formula is C26H35N3O4. The zero-order valence-electron chi connectivity index (χ0n) is 20.0. The van der Waals surface area contributed by atoms with Crippen molar-refractivity contribution in [1.29, 1.82) is 0 Å². The molecule has 0 aromatic heterocycles. The van der Waals surface area contributed by atoms with Crippen LogP contribution in [0.3, 0.4) is 0 Å². The monoisotopic (exact) mass is 453 g/mol. The molecule has 33 heavy (non-hydrogen) atoms. The van der Waals surface area contributed by atoms with Crippen molar-refractivity contribution >= 4 is 12.0 Å². The van der Waals surface area contributed by atoms with Gasteiger partial charge in [0.15, 0.2) is 0 Å². The van der Waals surface area contributed by atoms with Gasteiger partial charge >= 0.3 is 6.09 Å². The first-order valence-electron chi connectivity index (χ1n) is 11.3. The minimum atomic E-state index is -1.16. The molecule has 3 atom stereocenters. The number of nitrogens with one attached hydrogen (secondary N) is 2. The van der Waals surface area contributed by atoms with E-state index in [0.29, 0.717) is 13.0 Å². The van der Waals surface area contributed by atoms with E-state index >= 15 is 0 Å². The van der Waals surface area contributed by atoms with Gasteiger partial charge in [-0.1, -0.05) is 60.7 Å². The molecule has 2 aromatic carbocycles. The van der Waals surface area contributed by atoms with Crippen molar-refractivity contribution in [2.75, 3.05) is 0 Å². The normalized spacial score (nSPS) is 19.8. The summed E-state index contributed by atoms with van der Waals surface area (Å²) in [6, 6.07) is 17.7. The second-order valence-electron chi connectivity index (χ2n) is 10.0. The van der Waals surface area contributed by atoms with Crippen LogP contribution in [-0.4, -0.2) is 51.5 Å². The third-order valence-corrected chi connectivity index (χ3v) is 5.65. The van der Waals surface area contributed by atoms with Gasteiger partial charge in [0.05, 0.1) is 17.8 Å². The first-order valence-corrected chi connectivity index (χ1v) is 11.3. The Bertz CT molecular complexity index is 941. The van der Waals surface area contributed by atoms with Gasteiger partial charge in [-0.05, 0) is 52.2 Å². The highest BCUT2D eigenvalue weighted by Crippen LogP contribution is 2.26. The molecule has 7 heteroatoms. The average molecular weight is 454 g/mol. The van der Waals surface area contributed by atoms with E-state index in [4.69, 9.17) is 4.74 Å². The van der Waals surface area contributed by atoms with Gasteiger partial charge in [-0.2, -0.15) is 0 Å². The van der Waals surface area contributed by atoms with Crippen LogP contribution in [0.25, 0.3) is 0 Å². The molecule has 178 valence electrons. The average Bonchev–Trinajstić information content (AvgIpc) is 2.96. The molecule has 3 N–H and O–H groups in total. The van der Waals surface area contributed by atoms with E-state index in [2.05, 4.69) is 10.6 Å². The summed E-state index contributed by atoms with van der Waals surface area (Å²) in [6.45, 7) is 9.58. The van der Waals surface area contributed by atoms with E-state index in [-0.39, 0.29) is 5.91 Å². The van der Waals surface area contributed by atoms with E-state index in [1.54, 1.807) is 25.7 Å². The predicted octanol–water partition coefficient (Wildman–Crippen LogP) is 3.22. The number of alkyl carbamates (subject to hydrolysis) is 1. The summed E-state index contributed by atoms with van der Waals surface area (Å²) in [5.41, 5.74) is 0.594. The molecular weight excluding hydrogens is 418 g/mol. The number of nitrogens with zero attached hydrogens (tertiary/aromatic N) is 1. The molecule has 3 rings (SSSR count). The molecule has 0 aliphatic carbocycles. The maximum atomic E-state index is 13.4. The molecule has 2 amide bonds. The van der Waals surface area contributed by atoms with Crippen molar-refractivity contribution in [1.82, 2.24) is 15.5 Å². The van der Waals surface area contributed by atoms with Crippen molar-refractivity contribution in [3.8, 4) is 0 Å². The SMILES string of the molecule is CC(C)(C)OC(=O)N[C@@H](Cc1ccccc1)C(O)C1NC(C)(C)N(Cc2ccccc2)C1=O. The van der Waals surface area contributed by atoms with Crippen LogP contribution >= 0.6 is 0 Å². The Kier molecular flexibility index (Phi) is 7.44. The second-order valence-corrected chi connectivity index (χ2v) is 10.0. The van der Waals surface area contributed by atoms with Crippen molar-refractivity contribution in [2.24, 2.45) is 0 Å². The van der Waals surface area contributed by atoms with Gasteiger partial charge in [0.1, 0.15) is 11.6 Å². The van der Waals surface area contributed by atoms with Crippen LogP contribution in [0.15, 0.2) is 60.7 Å². The summed E-state index contributed by atoms with van der Waals surface area (Å²) in [5.74, 6) is -0.208. The lowest BCUT2D eigenvalue weighted by atomic mass is 9.96. The Morgan fingerprint density at radius 3 is 2.18 bits per heavy atom. The third-order valence-electron chi connectivity index (χ3n) is 5.65. The number of carbonyl (C=O) groups excluding carboxylic acids is 2. The second kappa shape index (κ2) is 9.93. The number of amides is 2. The molecule has 0 saturated carbocycles. The van der Waals surface area contributed by atoms with Gasteiger partial charge < -0.3 is 20.1 Å². The smallest absolute Gasteiger partial charge is 0.407 e. The maximum absolute atomic E-state index is 13.4. The van der Waals surface area contributed by atoms with Gasteiger partial charge in [-0.15, -0.1) is 0 Å². The Balaban J connectivity index is 1.80. The van der Waals surface area contributed by atoms with Crippen molar-refractivity contribution < 1.29 is 19.4 Å². The quantitative estimate of drug-likeness (QED) is 0.599. The zero-order valence-corrected chi connectivity index (χ0v) is 20.0. The predicted molar refractivity (Wildman–Crippen MR) is 127 cm³/mol. The highest BCUT2D eigenvalue weighted by atomic mass is 16.6. The van der Waals surface area contributed by atoms with Gasteiger partial charge in [0.2, 0.25) is 5.91 Å². The van der Waals surface area contributed by atoms with E-state index < -0.39 is 35.5 Å². The minimum Gasteiger partial charge on any atom is -0.444 e. The molecule has 1 saturated heterocycles. The summed E-state index contributed by atoms with van der Waals surface area (Å²) >= 11 is 0. The molecule has 1 aliphatic heterocycles. The number of benzene rings is 2. The van der Waals surface area contributed by atoms with Crippen LogP contribution in [0.4, 0.5) is 4.79 Å². The third kappa shape index (κ3) is 6.55. The Morgan fingerprint density at radius 1 is 1.09 bits per heavy atom. The van der Waals surface area contributed by atoms with E-state index in [0.717, 1.165) is 11.1 Å². The number of aliphatic hydroxyl groups excluding tert-OH is 1. The molecule has 0 bridgehead atoms. The molecule has 1 aliphatic rings. The van der Waals surface area contributed by atoms with Crippen LogP contribution in [0.1, 0.15) is 45.7 Å². The van der Waals surface area contributed by atoms with E-state index in [1.807, 2.05) is 74.5 Å². The highest BCUT2D eigenvalue weighted by molar-refractivity contribution is 5.86. The van der Waals surface area contributed by atoms with Crippen molar-refractivity contribution in [3.05, 3.63) is 71.8 Å². The van der Waals surface area contributed by atoms with Crippen LogP contribution in [0.2, 0.25) is 0 Å². The first-order chi connectivity index (χ1) is 15.5. The maximum Gasteiger partial charge on any atom is 0.407 e. The molecule has 7 nitrogen and oxygen atoms in total. The van der Waals surface area contributed by atoms with Crippen LogP contribution in [0, 0.1) is 0 Å². The van der Waals surface area contributed by atoms with Crippen LogP contribution in [-0.2, 0) is 22.5 Å². The highest BCUT2D eigenvalue weighted by Gasteiger charge is 2.49. The van der Waals surface area contributed by atoms with Gasteiger partial charge in [-0.25, -0.2) is 4.79 Å². The molecule has 2 aromatic rings. The van der Waals surface area contributed by atoms with Gasteiger partial charge in [0.25, 0.3) is 0 Å². The minimum absolute atomic E-state index is 0.208. The fourth-order valence-electron chi connectivity index (χ4n) is 4.05. The van der Waals surface area contributed by atoms with Gasteiger partial charge in [-0.3, -0.25) is 10.1 Å². The van der Waals surface area contributed by atoms with Crippen molar-refractivity contribution in [2.45, 2.75) is 77.0 Å². The summed E-state index contributed by atoms with van der Waals surface area (Å²) in [5, 5.41) is 17.4. The fraction of sp³-hybridized carbons (Fsp3) is 0.462. The fourth-order valence-corrected chi connectivity index (χ4v) is 4.05. The Labute approximate surface area is 196 Å². The number of rotatable bonds is 7. The van der Waals surface area contributed by atoms with E-state index in [1.165, 1.54) is 0 Å². The standard InChI is InChI=1S/C26H35N3O4/c1-25(2,3)33-24(32)27-20(16-18-12-8-6-9-13-18)22(30)21-23(31)29(26(4,5)28-21)17-19-14-10-7-11-15-19/h6-15,20-22,28,30H,16-17H2,1-5H3,(H,27,32)/t20-,21?,22?/m0/s1. The van der Waals surface area contributed by atoms with Gasteiger partial charge in [0, 0.05) is 6.54 Å². The summed E-state index contributed by atoms with van der Waals surface area (Å²) in [4.78, 5) is 27.7. The lowest BCUT2D eigenvalue weighted by Crippen LogP contribution is -2.56. The first kappa shape index (κ1) is 24.7. The number of hydrogen-bond donors (Lipinski definition) is 3. The lowest BCUT2D eigenvalue weighted by Gasteiger charge is -2.31. The Morgan fingerprint density at radius 2 is 1.64 bits per heavy atom. The molecule has 0 spiro atoms. The topological polar surface area (TPSA) is 90.9 Å². The zero-order chi connectivity index (χ0) is 24.2. The molecule has 0 radical (unpaired) electrons. The summed E-state index contributed by atoms with van der Waals surface area (Å²) in [6.07, 6.45) is -1.44. The molecule has 2 unspecified atom stereocenters. The van der Waals surface area contributed by atoms with E-state index in [9.17, 15) is 14.7 Å². The lowest BCUT2D eigenvalue weighted by molar-refractivity contribution is -0.134. The largest absolute Gasteiger partial charge is 0.444 e. The number of hydrogen-bond acceptors (Lipinski definition) is 5. The van der Waals surface area contributed by atoms with Crippen LogP contribution < -0.4 is 10.6 Å². The molecule has 1 fully saturated rings. The molecule has 1 heterocycles. The number of ether oxygens (including phenoxy) is 1. The summed E-state index contributed by atoms with van der Waals surface area (Å²) in [7, 11) is 0. The van der Waals surface area contributed by atoms with Crippen LogP contribution in [0.5, 0.6) is 0 Å². The van der Waals surface area contributed by atoms with Crippen molar-refractivity contribution in [3.63, 3.8) is 0 Å². The number of carbonyl (C=O) groups is 2. The Hall–Kier alpha value is -2.90.